The molecule has 20 heavy (non-hydrogen) atoms. The van der Waals surface area contributed by atoms with Crippen molar-refractivity contribution in [2.24, 2.45) is 5.92 Å². The molecule has 0 saturated heterocycles. The predicted molar refractivity (Wildman–Crippen MR) is 78.2 cm³/mol. The molecular formula is C17H18FNO. The molecule has 0 aromatic heterocycles. The molecule has 0 spiro atoms. The van der Waals surface area contributed by atoms with E-state index >= 15 is 0 Å². The van der Waals surface area contributed by atoms with Crippen molar-refractivity contribution in [3.8, 4) is 0 Å². The summed E-state index contributed by atoms with van der Waals surface area (Å²) >= 11 is 0. The van der Waals surface area contributed by atoms with Gasteiger partial charge in [-0.3, -0.25) is 4.79 Å². The first-order valence-electron chi connectivity index (χ1n) is 7.21. The fraction of sp³-hybridized carbons (Fsp3) is 0.353. The molecule has 0 bridgehead atoms. The fourth-order valence-electron chi connectivity index (χ4n) is 2.55. The molecule has 3 rings (SSSR count). The van der Waals surface area contributed by atoms with Gasteiger partial charge in [0, 0.05) is 17.5 Å². The quantitative estimate of drug-likeness (QED) is 0.821. The molecule has 1 N–H and O–H groups in total. The Kier molecular flexibility index (Phi) is 3.68. The Balaban J connectivity index is 1.71. The van der Waals surface area contributed by atoms with E-state index in [4.69, 9.17) is 0 Å². The van der Waals surface area contributed by atoms with Crippen molar-refractivity contribution in [1.82, 2.24) is 5.32 Å². The molecule has 0 aliphatic heterocycles. The second-order valence-corrected chi connectivity index (χ2v) is 5.48. The molecule has 2 aromatic carbocycles. The van der Waals surface area contributed by atoms with Crippen LogP contribution in [0.2, 0.25) is 0 Å². The van der Waals surface area contributed by atoms with Gasteiger partial charge in [-0.15, -0.1) is 0 Å². The zero-order chi connectivity index (χ0) is 13.9. The van der Waals surface area contributed by atoms with Gasteiger partial charge in [0.05, 0.1) is 0 Å². The van der Waals surface area contributed by atoms with Crippen molar-refractivity contribution >= 4 is 16.7 Å². The topological polar surface area (TPSA) is 29.1 Å². The average Bonchev–Trinajstić information content (AvgIpc) is 3.28. The van der Waals surface area contributed by atoms with Crippen molar-refractivity contribution < 1.29 is 9.18 Å². The van der Waals surface area contributed by atoms with E-state index in [-0.39, 0.29) is 11.7 Å². The lowest BCUT2D eigenvalue weighted by molar-refractivity contribution is 0.0954. The van der Waals surface area contributed by atoms with Crippen LogP contribution in [0.4, 0.5) is 4.39 Å². The maximum Gasteiger partial charge on any atom is 0.251 e. The highest BCUT2D eigenvalue weighted by Crippen LogP contribution is 2.33. The summed E-state index contributed by atoms with van der Waals surface area (Å²) in [5.41, 5.74) is 0.549. The SMILES string of the molecule is O=C(NCCCC1CC1)c1ccc(F)c2ccccc12. The first kappa shape index (κ1) is 13.1. The normalized spacial score (nSPS) is 14.4. The van der Waals surface area contributed by atoms with Crippen LogP contribution in [0.1, 0.15) is 36.0 Å². The largest absolute Gasteiger partial charge is 0.352 e. The zero-order valence-corrected chi connectivity index (χ0v) is 11.4. The van der Waals surface area contributed by atoms with Crippen molar-refractivity contribution in [1.29, 1.82) is 0 Å². The van der Waals surface area contributed by atoms with Crippen LogP contribution < -0.4 is 5.32 Å². The number of fused-ring (bicyclic) bond motifs is 1. The van der Waals surface area contributed by atoms with Gasteiger partial charge < -0.3 is 5.32 Å². The smallest absolute Gasteiger partial charge is 0.251 e. The Bertz CT molecular complexity index is 634. The van der Waals surface area contributed by atoms with Crippen LogP contribution in [0, 0.1) is 11.7 Å². The Morgan fingerprint density at radius 2 is 1.90 bits per heavy atom. The summed E-state index contributed by atoms with van der Waals surface area (Å²) in [6, 6.07) is 10.0. The molecule has 0 unspecified atom stereocenters. The van der Waals surface area contributed by atoms with Crippen LogP contribution in [0.25, 0.3) is 10.8 Å². The van der Waals surface area contributed by atoms with Crippen LogP contribution in [-0.2, 0) is 0 Å². The molecule has 104 valence electrons. The summed E-state index contributed by atoms with van der Waals surface area (Å²) < 4.78 is 13.7. The van der Waals surface area contributed by atoms with E-state index in [1.165, 1.54) is 25.3 Å². The van der Waals surface area contributed by atoms with E-state index < -0.39 is 0 Å². The maximum atomic E-state index is 13.7. The molecule has 1 fully saturated rings. The van der Waals surface area contributed by atoms with E-state index in [0.29, 0.717) is 22.9 Å². The number of amides is 1. The summed E-state index contributed by atoms with van der Waals surface area (Å²) in [6.07, 6.45) is 4.91. The van der Waals surface area contributed by atoms with E-state index in [0.717, 1.165) is 12.3 Å². The Morgan fingerprint density at radius 1 is 1.15 bits per heavy atom. The van der Waals surface area contributed by atoms with E-state index in [1.54, 1.807) is 24.3 Å². The number of benzene rings is 2. The number of hydrogen-bond acceptors (Lipinski definition) is 1. The number of carbonyl (C=O) groups excluding carboxylic acids is 1. The van der Waals surface area contributed by atoms with Gasteiger partial charge in [0.25, 0.3) is 5.91 Å². The van der Waals surface area contributed by atoms with Gasteiger partial charge in [0.2, 0.25) is 0 Å². The number of carbonyl (C=O) groups is 1. The molecular weight excluding hydrogens is 253 g/mol. The highest BCUT2D eigenvalue weighted by molar-refractivity contribution is 6.07. The van der Waals surface area contributed by atoms with Crippen LogP contribution in [0.15, 0.2) is 36.4 Å². The van der Waals surface area contributed by atoms with Crippen molar-refractivity contribution in [3.05, 3.63) is 47.8 Å². The van der Waals surface area contributed by atoms with Gasteiger partial charge in [-0.25, -0.2) is 4.39 Å². The monoisotopic (exact) mass is 271 g/mol. The van der Waals surface area contributed by atoms with Gasteiger partial charge in [-0.2, -0.15) is 0 Å². The molecule has 1 aliphatic carbocycles. The van der Waals surface area contributed by atoms with E-state index in [9.17, 15) is 9.18 Å². The summed E-state index contributed by atoms with van der Waals surface area (Å²) in [7, 11) is 0. The second-order valence-electron chi connectivity index (χ2n) is 5.48. The van der Waals surface area contributed by atoms with Gasteiger partial charge in [0.1, 0.15) is 5.82 Å². The fourth-order valence-corrected chi connectivity index (χ4v) is 2.55. The van der Waals surface area contributed by atoms with Gasteiger partial charge in [-0.1, -0.05) is 37.1 Å². The third-order valence-electron chi connectivity index (χ3n) is 3.89. The average molecular weight is 271 g/mol. The third-order valence-corrected chi connectivity index (χ3v) is 3.89. The lowest BCUT2D eigenvalue weighted by Gasteiger charge is -2.08. The Labute approximate surface area is 118 Å². The molecule has 0 heterocycles. The maximum absolute atomic E-state index is 13.7. The minimum Gasteiger partial charge on any atom is -0.352 e. The summed E-state index contributed by atoms with van der Waals surface area (Å²) in [5, 5.41) is 4.10. The molecule has 1 amide bonds. The lowest BCUT2D eigenvalue weighted by atomic mass is 10.0. The number of nitrogens with one attached hydrogen (secondary N) is 1. The molecule has 1 aliphatic rings. The summed E-state index contributed by atoms with van der Waals surface area (Å²) in [5.74, 6) is 0.487. The molecule has 1 saturated carbocycles. The van der Waals surface area contributed by atoms with Gasteiger partial charge in [0.15, 0.2) is 0 Å². The van der Waals surface area contributed by atoms with Crippen LogP contribution >= 0.6 is 0 Å². The lowest BCUT2D eigenvalue weighted by Crippen LogP contribution is -2.24. The second kappa shape index (κ2) is 5.61. The zero-order valence-electron chi connectivity index (χ0n) is 11.4. The van der Waals surface area contributed by atoms with Gasteiger partial charge >= 0.3 is 0 Å². The molecule has 0 atom stereocenters. The van der Waals surface area contributed by atoms with Crippen LogP contribution in [-0.4, -0.2) is 12.5 Å². The minimum absolute atomic E-state index is 0.114. The standard InChI is InChI=1S/C17H18FNO/c18-16-10-9-15(13-5-1-2-6-14(13)16)17(20)19-11-3-4-12-7-8-12/h1-2,5-6,9-10,12H,3-4,7-8,11H2,(H,19,20). The predicted octanol–water partition coefficient (Wildman–Crippen LogP) is 3.90. The molecule has 0 radical (unpaired) electrons. The van der Waals surface area contributed by atoms with Crippen molar-refractivity contribution in [2.45, 2.75) is 25.7 Å². The van der Waals surface area contributed by atoms with E-state index in [2.05, 4.69) is 5.32 Å². The highest BCUT2D eigenvalue weighted by atomic mass is 19.1. The third kappa shape index (κ3) is 2.82. The van der Waals surface area contributed by atoms with E-state index in [1.807, 2.05) is 6.07 Å². The van der Waals surface area contributed by atoms with Crippen molar-refractivity contribution in [3.63, 3.8) is 0 Å². The molecule has 2 nitrogen and oxygen atoms in total. The summed E-state index contributed by atoms with van der Waals surface area (Å²) in [6.45, 7) is 0.695. The van der Waals surface area contributed by atoms with Crippen molar-refractivity contribution in [2.75, 3.05) is 6.54 Å². The number of hydrogen-bond donors (Lipinski definition) is 1. The Hall–Kier alpha value is -1.90. The summed E-state index contributed by atoms with van der Waals surface area (Å²) in [4.78, 5) is 12.2. The molecule has 3 heteroatoms. The number of rotatable bonds is 5. The Morgan fingerprint density at radius 3 is 2.65 bits per heavy atom. The minimum atomic E-state index is -0.286. The first-order valence-corrected chi connectivity index (χ1v) is 7.21. The van der Waals surface area contributed by atoms with Crippen LogP contribution in [0.5, 0.6) is 0 Å². The first-order chi connectivity index (χ1) is 9.75. The van der Waals surface area contributed by atoms with Crippen LogP contribution in [0.3, 0.4) is 0 Å². The van der Waals surface area contributed by atoms with Gasteiger partial charge in [-0.05, 0) is 36.3 Å². The highest BCUT2D eigenvalue weighted by Gasteiger charge is 2.20. The number of halogens is 1. The molecule has 2 aromatic rings.